The highest BCUT2D eigenvalue weighted by Crippen LogP contribution is 2.20. The van der Waals surface area contributed by atoms with E-state index in [0.717, 1.165) is 6.92 Å². The van der Waals surface area contributed by atoms with Crippen LogP contribution in [0.1, 0.15) is 43.4 Å². The van der Waals surface area contributed by atoms with Gasteiger partial charge in [0.25, 0.3) is 0 Å². The molecule has 0 unspecified atom stereocenters. The predicted molar refractivity (Wildman–Crippen MR) is 233 cm³/mol. The summed E-state index contributed by atoms with van der Waals surface area (Å²) in [6, 6.07) is 9.40. The quantitative estimate of drug-likeness (QED) is 0.0383. The Morgan fingerprint density at radius 1 is 0.561 bits per heavy atom. The number of aliphatic hydroxyl groups excluding tert-OH is 1. The van der Waals surface area contributed by atoms with Crippen LogP contribution in [0.4, 0.5) is 0 Å². The molecule has 0 saturated carbocycles. The van der Waals surface area contributed by atoms with E-state index in [1.54, 1.807) is 60.8 Å². The van der Waals surface area contributed by atoms with Crippen LogP contribution in [-0.4, -0.2) is 132 Å². The number of hydrogen-bond acceptors (Lipinski definition) is 12. The Balaban J connectivity index is 1.67. The second kappa shape index (κ2) is 23.7. The number of carbonyl (C=O) groups is 9. The van der Waals surface area contributed by atoms with Crippen molar-refractivity contribution in [1.82, 2.24) is 36.9 Å². The number of fused-ring (bicyclic) bond motifs is 1. The van der Waals surface area contributed by atoms with E-state index >= 15 is 0 Å². The molecule has 66 heavy (non-hydrogen) atoms. The van der Waals surface area contributed by atoms with Crippen LogP contribution in [0.3, 0.4) is 0 Å². The topological polar surface area (TPSA) is 369 Å². The number of rotatable bonds is 24. The van der Waals surface area contributed by atoms with E-state index in [9.17, 15) is 63.6 Å². The smallest absolute Gasteiger partial charge is 0.325 e. The Kier molecular flexibility index (Phi) is 18.3. The maximum absolute atomic E-state index is 14.4. The fourth-order valence-electron chi connectivity index (χ4n) is 6.65. The lowest BCUT2D eigenvalue weighted by molar-refractivity contribution is -0.143. The molecular weight excluding hydrogens is 865 g/mol. The average molecular weight is 917 g/mol. The number of aromatic hydroxyl groups is 1. The van der Waals surface area contributed by atoms with Crippen LogP contribution in [0.15, 0.2) is 85.1 Å². The van der Waals surface area contributed by atoms with Crippen molar-refractivity contribution in [3.63, 3.8) is 0 Å². The Morgan fingerprint density at radius 2 is 1.05 bits per heavy atom. The van der Waals surface area contributed by atoms with Crippen LogP contribution in [0.2, 0.25) is 0 Å². The van der Waals surface area contributed by atoms with Crippen LogP contribution >= 0.6 is 0 Å². The number of para-hydroxylation sites is 1. The number of aromatic nitrogens is 1. The van der Waals surface area contributed by atoms with Gasteiger partial charge in [0.15, 0.2) is 0 Å². The highest BCUT2D eigenvalue weighted by atomic mass is 16.4. The van der Waals surface area contributed by atoms with E-state index in [0.29, 0.717) is 27.6 Å². The number of aliphatic hydroxyl groups is 1. The van der Waals surface area contributed by atoms with Crippen molar-refractivity contribution in [3.8, 4) is 5.75 Å². The zero-order valence-corrected chi connectivity index (χ0v) is 35.7. The van der Waals surface area contributed by atoms with Gasteiger partial charge < -0.3 is 68.2 Å². The van der Waals surface area contributed by atoms with E-state index in [2.05, 4.69) is 36.9 Å². The van der Waals surface area contributed by atoms with Gasteiger partial charge in [-0.25, -0.2) is 0 Å². The van der Waals surface area contributed by atoms with Crippen molar-refractivity contribution >= 4 is 64.3 Å². The molecule has 0 saturated heterocycles. The van der Waals surface area contributed by atoms with Gasteiger partial charge in [0.1, 0.15) is 42.0 Å². The summed E-state index contributed by atoms with van der Waals surface area (Å²) >= 11 is 0. The van der Waals surface area contributed by atoms with Gasteiger partial charge in [-0.1, -0.05) is 60.7 Å². The number of phenols is 1. The summed E-state index contributed by atoms with van der Waals surface area (Å²) in [7, 11) is 0. The van der Waals surface area contributed by atoms with Crippen molar-refractivity contribution in [3.05, 3.63) is 102 Å². The SMILES string of the molecule is C[C@H](NC(=O)[C@H](Cc1ccc(O)cc1)NC(=O)[C@H](CC(=O)O)NC(=O)[C@H](Cc1c[nH]c2ccccc12)NC(=O)[C@H](Cc1ccccc1)NC(=O)[C@@H](NC(=O)[C@@H](N)CC(=O)O)[C@@H](C)O)C(=O)O. The van der Waals surface area contributed by atoms with Gasteiger partial charge in [-0.3, -0.25) is 43.2 Å². The molecule has 0 aliphatic carbocycles. The molecule has 0 aliphatic heterocycles. The number of carbonyl (C=O) groups excluding carboxylic acids is 6. The third-order valence-corrected chi connectivity index (χ3v) is 10.2. The molecule has 0 bridgehead atoms. The molecule has 4 rings (SSSR count). The van der Waals surface area contributed by atoms with E-state index in [-0.39, 0.29) is 25.0 Å². The number of nitrogens with two attached hydrogens (primary N) is 1. The molecule has 1 heterocycles. The molecule has 4 aromatic rings. The molecule has 352 valence electrons. The van der Waals surface area contributed by atoms with Crippen LogP contribution < -0.4 is 37.6 Å². The normalized spacial score (nSPS) is 14.7. The maximum Gasteiger partial charge on any atom is 0.325 e. The van der Waals surface area contributed by atoms with Gasteiger partial charge in [-0.2, -0.15) is 0 Å². The van der Waals surface area contributed by atoms with Crippen LogP contribution in [0, 0.1) is 0 Å². The molecule has 0 fully saturated rings. The van der Waals surface area contributed by atoms with Gasteiger partial charge in [0.2, 0.25) is 35.4 Å². The number of carboxylic acids is 3. The fraction of sp³-hybridized carbons (Fsp3) is 0.341. The van der Waals surface area contributed by atoms with E-state index in [1.807, 2.05) is 0 Å². The number of carboxylic acid groups (broad SMARTS) is 3. The van der Waals surface area contributed by atoms with Gasteiger partial charge >= 0.3 is 17.9 Å². The number of hydrogen-bond donors (Lipinski definition) is 13. The number of nitrogens with one attached hydrogen (secondary N) is 7. The maximum atomic E-state index is 14.4. The summed E-state index contributed by atoms with van der Waals surface area (Å²) in [6.45, 7) is 2.33. The lowest BCUT2D eigenvalue weighted by atomic mass is 10.0. The summed E-state index contributed by atoms with van der Waals surface area (Å²) < 4.78 is 0. The van der Waals surface area contributed by atoms with E-state index in [1.165, 1.54) is 31.2 Å². The Morgan fingerprint density at radius 3 is 1.61 bits per heavy atom. The zero-order valence-electron chi connectivity index (χ0n) is 35.7. The first-order valence-corrected chi connectivity index (χ1v) is 20.5. The van der Waals surface area contributed by atoms with Crippen molar-refractivity contribution in [1.29, 1.82) is 0 Å². The molecule has 0 spiro atoms. The molecule has 1 aromatic heterocycles. The van der Waals surface area contributed by atoms with E-state index in [4.69, 9.17) is 10.8 Å². The summed E-state index contributed by atoms with van der Waals surface area (Å²) in [4.78, 5) is 120. The van der Waals surface area contributed by atoms with E-state index < -0.39 is 115 Å². The molecule has 6 amide bonds. The first-order chi connectivity index (χ1) is 31.2. The van der Waals surface area contributed by atoms with Gasteiger partial charge in [0, 0.05) is 36.4 Å². The summed E-state index contributed by atoms with van der Waals surface area (Å²) in [5.41, 5.74) is 7.71. The minimum Gasteiger partial charge on any atom is -0.508 e. The van der Waals surface area contributed by atoms with Crippen molar-refractivity contribution in [2.75, 3.05) is 0 Å². The molecule has 3 aromatic carbocycles. The summed E-state index contributed by atoms with van der Waals surface area (Å²) in [5.74, 6) is -10.8. The van der Waals surface area contributed by atoms with Crippen molar-refractivity contribution in [2.45, 2.75) is 94.3 Å². The Labute approximate surface area is 376 Å². The standard InChI is InChI=1S/C44H52N8O14/c1-22(44(65)66)47-39(60)31(17-25-12-14-27(54)15-13-25)48-42(63)34(20-36(57)58)50-41(62)33(18-26-21-46-30-11-7-6-10-28(26)30)49-40(61)32(16-24-8-4-3-5-9-24)51-43(64)37(23(2)53)52-38(59)29(45)19-35(55)56/h3-15,21-23,29,31-34,37,46,53-54H,16-20,45H2,1-2H3,(H,47,60)(H,48,63)(H,49,61)(H,50,62)(H,51,64)(H,52,59)(H,55,56)(H,57,58)(H,65,66)/t22-,23+,29-,31-,32-,33-,34-,37-/m0/s1. The van der Waals surface area contributed by atoms with Gasteiger partial charge in [-0.05, 0) is 48.7 Å². The van der Waals surface area contributed by atoms with Crippen molar-refractivity contribution < 1.29 is 68.7 Å². The van der Waals surface area contributed by atoms with Crippen LogP contribution in [0.25, 0.3) is 10.9 Å². The average Bonchev–Trinajstić information content (AvgIpc) is 3.67. The largest absolute Gasteiger partial charge is 0.508 e. The third-order valence-electron chi connectivity index (χ3n) is 10.2. The molecule has 0 radical (unpaired) electrons. The second-order valence-electron chi connectivity index (χ2n) is 15.5. The van der Waals surface area contributed by atoms with Crippen LogP contribution in [0.5, 0.6) is 5.75 Å². The molecule has 22 heteroatoms. The first-order valence-electron chi connectivity index (χ1n) is 20.5. The molecule has 14 N–H and O–H groups in total. The lowest BCUT2D eigenvalue weighted by Crippen LogP contribution is -2.61. The number of H-pyrrole nitrogens is 1. The summed E-state index contributed by atoms with van der Waals surface area (Å²) in [6.07, 6.45) is -2.60. The Hall–Kier alpha value is -7.85. The zero-order chi connectivity index (χ0) is 48.7. The van der Waals surface area contributed by atoms with Crippen molar-refractivity contribution in [2.24, 2.45) is 5.73 Å². The number of aromatic amines is 1. The monoisotopic (exact) mass is 916 g/mol. The molecule has 0 aliphatic rings. The number of aliphatic carboxylic acids is 3. The molecule has 8 atom stereocenters. The number of amides is 6. The third kappa shape index (κ3) is 15.2. The first kappa shape index (κ1) is 50.8. The minimum atomic E-state index is -1.90. The van der Waals surface area contributed by atoms with Gasteiger partial charge in [0.05, 0.1) is 25.0 Å². The highest BCUT2D eigenvalue weighted by molar-refractivity contribution is 5.99. The van der Waals surface area contributed by atoms with Crippen LogP contribution in [-0.2, 0) is 62.4 Å². The molecule has 22 nitrogen and oxygen atoms in total. The fourth-order valence-corrected chi connectivity index (χ4v) is 6.65. The minimum absolute atomic E-state index is 0.108. The lowest BCUT2D eigenvalue weighted by Gasteiger charge is -2.28. The highest BCUT2D eigenvalue weighted by Gasteiger charge is 2.36. The number of phenolic OH excluding ortho intramolecular Hbond substituents is 1. The summed E-state index contributed by atoms with van der Waals surface area (Å²) in [5, 5.41) is 63.4. The second-order valence-corrected chi connectivity index (χ2v) is 15.5. The Bertz CT molecular complexity index is 2390. The van der Waals surface area contributed by atoms with Gasteiger partial charge in [-0.15, -0.1) is 0 Å². The number of benzene rings is 3. The molecular formula is C44H52N8O14. The predicted octanol–water partition coefficient (Wildman–Crippen LogP) is -1.43.